The summed E-state index contributed by atoms with van der Waals surface area (Å²) >= 11 is 1.87. The molecule has 0 atom stereocenters. The third-order valence-electron chi connectivity index (χ3n) is 9.33. The summed E-state index contributed by atoms with van der Waals surface area (Å²) in [5.74, 6) is 0. The molecule has 0 aliphatic carbocycles. The molecule has 0 saturated carbocycles. The van der Waals surface area contributed by atoms with E-state index in [1.807, 2.05) is 11.3 Å². The predicted octanol–water partition coefficient (Wildman–Crippen LogP) is 11.9. The van der Waals surface area contributed by atoms with Crippen molar-refractivity contribution >= 4 is 75.1 Å². The second-order valence-corrected chi connectivity index (χ2v) is 12.8. The van der Waals surface area contributed by atoms with E-state index < -0.39 is 0 Å². The molecule has 10 aromatic rings. The Bertz CT molecular complexity index is 2700. The zero-order chi connectivity index (χ0) is 29.5. The fraction of sp³-hybridized carbons (Fsp3) is 0. The zero-order valence-electron chi connectivity index (χ0n) is 24.3. The van der Waals surface area contributed by atoms with Gasteiger partial charge in [-0.2, -0.15) is 0 Å². The Morgan fingerprint density at radius 1 is 0.356 bits per heavy atom. The molecule has 3 heteroatoms. The minimum atomic E-state index is 1.17. The van der Waals surface area contributed by atoms with Crippen LogP contribution in [0, 0.1) is 0 Å². The monoisotopic (exact) mass is 590 g/mol. The van der Waals surface area contributed by atoms with Crippen LogP contribution in [0.3, 0.4) is 0 Å². The van der Waals surface area contributed by atoms with E-state index in [1.165, 1.54) is 86.3 Å². The van der Waals surface area contributed by atoms with Crippen molar-refractivity contribution in [1.29, 1.82) is 0 Å². The van der Waals surface area contributed by atoms with Crippen molar-refractivity contribution in [2.45, 2.75) is 0 Å². The molecule has 0 amide bonds. The number of aromatic nitrogens is 2. The van der Waals surface area contributed by atoms with Gasteiger partial charge in [-0.05, 0) is 65.7 Å². The topological polar surface area (TPSA) is 9.86 Å². The summed E-state index contributed by atoms with van der Waals surface area (Å²) in [6.45, 7) is 0. The van der Waals surface area contributed by atoms with Crippen molar-refractivity contribution in [3.05, 3.63) is 158 Å². The van der Waals surface area contributed by atoms with E-state index in [-0.39, 0.29) is 0 Å². The minimum Gasteiger partial charge on any atom is -0.309 e. The first kappa shape index (κ1) is 24.8. The van der Waals surface area contributed by atoms with Crippen LogP contribution in [0.15, 0.2) is 158 Å². The summed E-state index contributed by atoms with van der Waals surface area (Å²) in [5.41, 5.74) is 9.73. The van der Waals surface area contributed by atoms with Crippen LogP contribution >= 0.6 is 11.3 Å². The third-order valence-corrected chi connectivity index (χ3v) is 10.5. The van der Waals surface area contributed by atoms with Gasteiger partial charge in [-0.25, -0.2) is 0 Å². The van der Waals surface area contributed by atoms with E-state index in [4.69, 9.17) is 0 Å². The van der Waals surface area contributed by atoms with Crippen LogP contribution in [0.4, 0.5) is 0 Å². The summed E-state index contributed by atoms with van der Waals surface area (Å²) in [7, 11) is 0. The molecule has 210 valence electrons. The van der Waals surface area contributed by atoms with E-state index in [2.05, 4.69) is 167 Å². The molecule has 0 bridgehead atoms. The molecule has 10 rings (SSSR count). The highest BCUT2D eigenvalue weighted by molar-refractivity contribution is 7.25. The normalized spacial score (nSPS) is 12.0. The second-order valence-electron chi connectivity index (χ2n) is 11.7. The van der Waals surface area contributed by atoms with E-state index in [1.54, 1.807) is 0 Å². The van der Waals surface area contributed by atoms with Gasteiger partial charge in [0.1, 0.15) is 0 Å². The SMILES string of the molecule is c1ccc2c(c1)sc1cccc(-n3c4ccccc4c4ccc(-c5ccc(-n6c7ccccc7c7ccccc76)cc5)cc43)c12. The van der Waals surface area contributed by atoms with E-state index >= 15 is 0 Å². The van der Waals surface area contributed by atoms with Gasteiger partial charge in [-0.15, -0.1) is 11.3 Å². The van der Waals surface area contributed by atoms with Crippen LogP contribution in [0.5, 0.6) is 0 Å². The average molecular weight is 591 g/mol. The van der Waals surface area contributed by atoms with E-state index in [0.29, 0.717) is 0 Å². The number of fused-ring (bicyclic) bond motifs is 9. The molecule has 2 nitrogen and oxygen atoms in total. The molecule has 0 radical (unpaired) electrons. The molecule has 0 fully saturated rings. The summed E-state index contributed by atoms with van der Waals surface area (Å²) in [5, 5.41) is 7.75. The Hall–Kier alpha value is -5.64. The highest BCUT2D eigenvalue weighted by Crippen LogP contribution is 2.41. The number of thiophene rings is 1. The summed E-state index contributed by atoms with van der Waals surface area (Å²) in [6.07, 6.45) is 0. The highest BCUT2D eigenvalue weighted by atomic mass is 32.1. The molecule has 45 heavy (non-hydrogen) atoms. The van der Waals surface area contributed by atoms with Crippen LogP contribution < -0.4 is 0 Å². The lowest BCUT2D eigenvalue weighted by molar-refractivity contribution is 1.18. The van der Waals surface area contributed by atoms with Gasteiger partial charge >= 0.3 is 0 Å². The van der Waals surface area contributed by atoms with Gasteiger partial charge in [0, 0.05) is 47.4 Å². The van der Waals surface area contributed by atoms with E-state index in [9.17, 15) is 0 Å². The number of rotatable bonds is 3. The van der Waals surface area contributed by atoms with Crippen molar-refractivity contribution in [2.75, 3.05) is 0 Å². The van der Waals surface area contributed by atoms with Gasteiger partial charge in [-0.1, -0.05) is 103 Å². The molecule has 3 heterocycles. The minimum absolute atomic E-state index is 1.17. The molecule has 0 saturated heterocycles. The van der Waals surface area contributed by atoms with Crippen LogP contribution in [0.1, 0.15) is 0 Å². The Morgan fingerprint density at radius 3 is 1.58 bits per heavy atom. The third kappa shape index (κ3) is 3.56. The van der Waals surface area contributed by atoms with Crippen molar-refractivity contribution in [3.63, 3.8) is 0 Å². The van der Waals surface area contributed by atoms with Crippen molar-refractivity contribution in [2.24, 2.45) is 0 Å². The highest BCUT2D eigenvalue weighted by Gasteiger charge is 2.17. The summed E-state index contributed by atoms with van der Waals surface area (Å²) in [6, 6.07) is 57.7. The maximum Gasteiger partial charge on any atom is 0.0555 e. The first-order chi connectivity index (χ1) is 22.3. The lowest BCUT2D eigenvalue weighted by Crippen LogP contribution is -1.95. The maximum atomic E-state index is 2.47. The standard InChI is InChI=1S/C42H26N2S/c1-5-14-35-30(10-1)31-11-2-6-15-36(31)43(35)29-23-20-27(21-24-29)28-22-25-33-32-12-3-7-16-37(32)44(39(33)26-28)38-17-9-19-41-42(38)34-13-4-8-18-40(34)45-41/h1-26H. The fourth-order valence-corrected chi connectivity index (χ4v) is 8.48. The Labute approximate surface area is 263 Å². The van der Waals surface area contributed by atoms with E-state index in [0.717, 1.165) is 0 Å². The van der Waals surface area contributed by atoms with Gasteiger partial charge in [-0.3, -0.25) is 0 Å². The van der Waals surface area contributed by atoms with Crippen LogP contribution in [0.2, 0.25) is 0 Å². The van der Waals surface area contributed by atoms with Gasteiger partial charge in [0.25, 0.3) is 0 Å². The van der Waals surface area contributed by atoms with Gasteiger partial charge in [0.15, 0.2) is 0 Å². The average Bonchev–Trinajstić information content (AvgIpc) is 3.76. The van der Waals surface area contributed by atoms with Crippen LogP contribution in [0.25, 0.3) is 86.3 Å². The summed E-state index contributed by atoms with van der Waals surface area (Å²) in [4.78, 5) is 0. The zero-order valence-corrected chi connectivity index (χ0v) is 25.1. The Kier molecular flexibility index (Phi) is 5.19. The van der Waals surface area contributed by atoms with Crippen LogP contribution in [-0.2, 0) is 0 Å². The quantitative estimate of drug-likeness (QED) is 0.194. The molecule has 0 spiro atoms. The molecule has 0 aliphatic heterocycles. The molecular weight excluding hydrogens is 565 g/mol. The first-order valence-electron chi connectivity index (χ1n) is 15.4. The number of nitrogens with zero attached hydrogens (tertiary/aromatic N) is 2. The van der Waals surface area contributed by atoms with Gasteiger partial charge < -0.3 is 9.13 Å². The fourth-order valence-electron chi connectivity index (χ4n) is 7.36. The van der Waals surface area contributed by atoms with Crippen molar-refractivity contribution < 1.29 is 0 Å². The molecule has 0 aliphatic rings. The maximum absolute atomic E-state index is 2.47. The number of hydrogen-bond acceptors (Lipinski definition) is 1. The van der Waals surface area contributed by atoms with Crippen molar-refractivity contribution in [3.8, 4) is 22.5 Å². The number of benzene rings is 7. The van der Waals surface area contributed by atoms with Crippen LogP contribution in [-0.4, -0.2) is 9.13 Å². The van der Waals surface area contributed by atoms with Gasteiger partial charge in [0.05, 0.1) is 27.8 Å². The predicted molar refractivity (Wildman–Crippen MR) is 193 cm³/mol. The second kappa shape index (κ2) is 9.43. The van der Waals surface area contributed by atoms with Crippen molar-refractivity contribution in [1.82, 2.24) is 9.13 Å². The number of para-hydroxylation sites is 3. The summed E-state index contributed by atoms with van der Waals surface area (Å²) < 4.78 is 7.49. The first-order valence-corrected chi connectivity index (χ1v) is 16.2. The lowest BCUT2D eigenvalue weighted by Gasteiger charge is -2.12. The van der Waals surface area contributed by atoms with Gasteiger partial charge in [0.2, 0.25) is 0 Å². The lowest BCUT2D eigenvalue weighted by atomic mass is 10.0. The Morgan fingerprint density at radius 2 is 0.889 bits per heavy atom. The smallest absolute Gasteiger partial charge is 0.0555 e. The molecule has 0 N–H and O–H groups in total. The molecule has 0 unspecified atom stereocenters. The molecule has 3 aromatic heterocycles. The Balaban J connectivity index is 1.17. The molecule has 7 aromatic carbocycles. The largest absolute Gasteiger partial charge is 0.309 e. The molecular formula is C42H26N2S. The number of hydrogen-bond donors (Lipinski definition) is 0.